The first kappa shape index (κ1) is 35.8. The Morgan fingerprint density at radius 1 is 0.816 bits per heavy atom. The van der Waals surface area contributed by atoms with Crippen molar-refractivity contribution in [1.29, 1.82) is 0 Å². The van der Waals surface area contributed by atoms with Crippen molar-refractivity contribution in [3.8, 4) is 11.1 Å². The molecule has 4 aromatic carbocycles. The first-order valence-corrected chi connectivity index (χ1v) is 17.4. The predicted octanol–water partition coefficient (Wildman–Crippen LogP) is 7.40. The summed E-state index contributed by atoms with van der Waals surface area (Å²) in [4.78, 5) is 35.3. The average molecular weight is 683 g/mol. The molecular formula is C39H42N2O7S. The molecule has 0 bridgehead atoms. The first-order chi connectivity index (χ1) is 23.7. The van der Waals surface area contributed by atoms with Crippen LogP contribution in [0.3, 0.4) is 0 Å². The normalized spacial score (nSPS) is 17.3. The standard InChI is InChI=1S/C39H42N2O7S/c1-26(43)41-33-17-19-35(20-18-33)49-25-34-22-36(30-11-9-27(24-42)10-12-30)48-39(47-34)31-15-13-29(14-16-31)32-6-4-5-28(21-32)23-40-37(44)7-2-3-8-38(45)46/h4-6,9-21,34,36,39,42H,2-3,7-8,22-25H2,1H3,(H,40,44)(H,41,43)(H,45,46)/t34-,36+,39+/m0/s1. The van der Waals surface area contributed by atoms with E-state index in [2.05, 4.69) is 16.7 Å². The van der Waals surface area contributed by atoms with Crippen molar-refractivity contribution in [3.63, 3.8) is 0 Å². The van der Waals surface area contributed by atoms with Gasteiger partial charge in [-0.05, 0) is 71.0 Å². The number of hydrogen-bond donors (Lipinski definition) is 4. The van der Waals surface area contributed by atoms with Crippen LogP contribution < -0.4 is 10.6 Å². The molecule has 9 nitrogen and oxygen atoms in total. The third-order valence-corrected chi connectivity index (χ3v) is 9.35. The zero-order valence-corrected chi connectivity index (χ0v) is 28.3. The second kappa shape index (κ2) is 17.8. The van der Waals surface area contributed by atoms with Gasteiger partial charge in [0.25, 0.3) is 0 Å². The monoisotopic (exact) mass is 682 g/mol. The van der Waals surface area contributed by atoms with Crippen molar-refractivity contribution in [1.82, 2.24) is 5.32 Å². The van der Waals surface area contributed by atoms with Gasteiger partial charge in [-0.2, -0.15) is 0 Å². The van der Waals surface area contributed by atoms with Crippen molar-refractivity contribution in [3.05, 3.63) is 119 Å². The van der Waals surface area contributed by atoms with Gasteiger partial charge < -0.3 is 30.3 Å². The number of unbranched alkanes of at least 4 members (excludes halogenated alkanes) is 1. The molecule has 1 saturated heterocycles. The zero-order valence-electron chi connectivity index (χ0n) is 27.5. The van der Waals surface area contributed by atoms with Gasteiger partial charge in [-0.25, -0.2) is 0 Å². The molecule has 3 atom stereocenters. The van der Waals surface area contributed by atoms with Gasteiger partial charge in [-0.15, -0.1) is 11.8 Å². The van der Waals surface area contributed by atoms with Gasteiger partial charge in [0.1, 0.15) is 0 Å². The number of nitrogens with one attached hydrogen (secondary N) is 2. The molecule has 5 rings (SSSR count). The molecule has 1 aliphatic rings. The summed E-state index contributed by atoms with van der Waals surface area (Å²) in [6, 6.07) is 31.7. The molecule has 0 aliphatic carbocycles. The van der Waals surface area contributed by atoms with Crippen molar-refractivity contribution in [2.75, 3.05) is 11.1 Å². The Morgan fingerprint density at radius 2 is 1.53 bits per heavy atom. The molecule has 0 aromatic heterocycles. The number of carbonyl (C=O) groups excluding carboxylic acids is 2. The third kappa shape index (κ3) is 11.0. The average Bonchev–Trinajstić information content (AvgIpc) is 3.12. The minimum absolute atomic E-state index is 0.0163. The molecule has 49 heavy (non-hydrogen) atoms. The quantitative estimate of drug-likeness (QED) is 0.0753. The fourth-order valence-corrected chi connectivity index (χ4v) is 6.52. The van der Waals surface area contributed by atoms with E-state index in [0.717, 1.165) is 44.0 Å². The van der Waals surface area contributed by atoms with Gasteiger partial charge in [0.05, 0.1) is 18.8 Å². The Kier molecular flexibility index (Phi) is 13.0. The second-order valence-corrected chi connectivity index (χ2v) is 13.2. The minimum Gasteiger partial charge on any atom is -0.481 e. The Bertz CT molecular complexity index is 1690. The smallest absolute Gasteiger partial charge is 0.303 e. The van der Waals surface area contributed by atoms with E-state index in [4.69, 9.17) is 14.6 Å². The number of hydrogen-bond acceptors (Lipinski definition) is 7. The first-order valence-electron chi connectivity index (χ1n) is 16.4. The molecule has 2 amide bonds. The number of thioether (sulfide) groups is 1. The summed E-state index contributed by atoms with van der Waals surface area (Å²) in [5, 5.41) is 24.0. The van der Waals surface area contributed by atoms with Crippen molar-refractivity contribution >= 4 is 35.2 Å². The Hall–Kier alpha value is -4.48. The van der Waals surface area contributed by atoms with Crippen LogP contribution in [-0.4, -0.2) is 39.9 Å². The molecular weight excluding hydrogens is 641 g/mol. The van der Waals surface area contributed by atoms with Crippen LogP contribution in [0.5, 0.6) is 0 Å². The van der Waals surface area contributed by atoms with Crippen LogP contribution >= 0.6 is 11.8 Å². The lowest BCUT2D eigenvalue weighted by Crippen LogP contribution is -2.31. The summed E-state index contributed by atoms with van der Waals surface area (Å²) in [7, 11) is 0. The highest BCUT2D eigenvalue weighted by Crippen LogP contribution is 2.40. The van der Waals surface area contributed by atoms with E-state index < -0.39 is 12.3 Å². The SMILES string of the molecule is CC(=O)Nc1ccc(SC[C@@H]2C[C@H](c3ccc(CO)cc3)O[C@H](c3ccc(-c4cccc(CNC(=O)CCCCC(=O)O)c4)cc3)O2)cc1. The van der Waals surface area contributed by atoms with Crippen molar-refractivity contribution in [2.45, 2.75) is 75.6 Å². The molecule has 1 heterocycles. The van der Waals surface area contributed by atoms with Crippen LogP contribution in [0.1, 0.15) is 73.7 Å². The van der Waals surface area contributed by atoms with Crippen LogP contribution in [0.2, 0.25) is 0 Å². The number of rotatable bonds is 15. The number of carboxylic acid groups (broad SMARTS) is 1. The van der Waals surface area contributed by atoms with Gasteiger partial charge >= 0.3 is 5.97 Å². The van der Waals surface area contributed by atoms with Crippen molar-refractivity contribution < 1.29 is 34.1 Å². The van der Waals surface area contributed by atoms with E-state index in [9.17, 15) is 19.5 Å². The molecule has 1 aliphatic heterocycles. The Labute approximate surface area is 291 Å². The molecule has 0 saturated carbocycles. The molecule has 1 fully saturated rings. The lowest BCUT2D eigenvalue weighted by molar-refractivity contribution is -0.245. The van der Waals surface area contributed by atoms with Crippen LogP contribution in [0.25, 0.3) is 11.1 Å². The van der Waals surface area contributed by atoms with E-state index >= 15 is 0 Å². The predicted molar refractivity (Wildman–Crippen MR) is 190 cm³/mol. The number of aliphatic carboxylic acids is 1. The molecule has 4 N–H and O–H groups in total. The summed E-state index contributed by atoms with van der Waals surface area (Å²) >= 11 is 1.69. The number of anilines is 1. The molecule has 256 valence electrons. The minimum atomic E-state index is -0.846. The van der Waals surface area contributed by atoms with E-state index in [1.54, 1.807) is 11.8 Å². The van der Waals surface area contributed by atoms with Crippen LogP contribution in [0.15, 0.2) is 102 Å². The van der Waals surface area contributed by atoms with Gasteiger partial charge in [-0.3, -0.25) is 14.4 Å². The van der Waals surface area contributed by atoms with Crippen LogP contribution in [-0.2, 0) is 37.0 Å². The third-order valence-electron chi connectivity index (χ3n) is 8.20. The maximum absolute atomic E-state index is 12.2. The van der Waals surface area contributed by atoms with Gasteiger partial charge in [0, 0.05) is 54.6 Å². The lowest BCUT2D eigenvalue weighted by atomic mass is 9.99. The van der Waals surface area contributed by atoms with E-state index in [0.29, 0.717) is 38.0 Å². The number of carbonyl (C=O) groups is 3. The second-order valence-electron chi connectivity index (χ2n) is 12.1. The van der Waals surface area contributed by atoms with E-state index in [1.807, 2.05) is 91.0 Å². The maximum atomic E-state index is 12.2. The summed E-state index contributed by atoms with van der Waals surface area (Å²) in [5.74, 6) is -0.326. The highest BCUT2D eigenvalue weighted by atomic mass is 32.2. The van der Waals surface area contributed by atoms with Crippen LogP contribution in [0.4, 0.5) is 5.69 Å². The summed E-state index contributed by atoms with van der Waals surface area (Å²) in [5.41, 5.74) is 6.55. The number of amides is 2. The van der Waals surface area contributed by atoms with E-state index in [1.165, 1.54) is 6.92 Å². The zero-order chi connectivity index (χ0) is 34.6. The molecule has 0 radical (unpaired) electrons. The number of aliphatic hydroxyl groups is 1. The highest BCUT2D eigenvalue weighted by Gasteiger charge is 2.32. The Morgan fingerprint density at radius 3 is 2.22 bits per heavy atom. The largest absolute Gasteiger partial charge is 0.481 e. The van der Waals surface area contributed by atoms with Crippen LogP contribution in [0, 0.1) is 0 Å². The molecule has 0 spiro atoms. The van der Waals surface area contributed by atoms with E-state index in [-0.39, 0.29) is 37.0 Å². The molecule has 0 unspecified atom stereocenters. The van der Waals surface area contributed by atoms with Gasteiger partial charge in [0.15, 0.2) is 6.29 Å². The fraction of sp³-hybridized carbons (Fsp3) is 0.308. The highest BCUT2D eigenvalue weighted by molar-refractivity contribution is 7.99. The maximum Gasteiger partial charge on any atom is 0.303 e. The van der Waals surface area contributed by atoms with Crippen molar-refractivity contribution in [2.24, 2.45) is 0 Å². The fourth-order valence-electron chi connectivity index (χ4n) is 5.59. The summed E-state index contributed by atoms with van der Waals surface area (Å²) in [6.45, 7) is 1.87. The lowest BCUT2D eigenvalue weighted by Gasteiger charge is -2.36. The topological polar surface area (TPSA) is 134 Å². The molecule has 4 aromatic rings. The summed E-state index contributed by atoms with van der Waals surface area (Å²) < 4.78 is 13.1. The Balaban J connectivity index is 1.24. The van der Waals surface area contributed by atoms with Gasteiger partial charge in [0.2, 0.25) is 11.8 Å². The number of benzene rings is 4. The number of aliphatic hydroxyl groups excluding tert-OH is 1. The van der Waals surface area contributed by atoms with Gasteiger partial charge in [-0.1, -0.05) is 66.7 Å². The molecule has 10 heteroatoms. The number of ether oxygens (including phenoxy) is 2. The summed E-state index contributed by atoms with van der Waals surface area (Å²) in [6.07, 6.45) is 1.23. The number of carboxylic acids is 1.